The average molecular weight is 348 g/mol. The second-order valence-electron chi connectivity index (χ2n) is 5.67. The van der Waals surface area contributed by atoms with E-state index in [1.54, 1.807) is 33.5 Å². The molecule has 0 aliphatic carbocycles. The molecule has 0 saturated carbocycles. The summed E-state index contributed by atoms with van der Waals surface area (Å²) >= 11 is 1.57. The van der Waals surface area contributed by atoms with Crippen LogP contribution in [0.5, 0.6) is 0 Å². The fourth-order valence-electron chi connectivity index (χ4n) is 2.95. The number of para-hydroxylation sites is 1. The number of rotatable bonds is 3. The number of thiazole rings is 1. The van der Waals surface area contributed by atoms with Crippen molar-refractivity contribution in [2.75, 3.05) is 6.54 Å². The monoisotopic (exact) mass is 348 g/mol. The molecule has 8 heteroatoms. The number of hydrogen-bond donors (Lipinski definition) is 0. The maximum absolute atomic E-state index is 12.9. The highest BCUT2D eigenvalue weighted by Crippen LogP contribution is 2.39. The van der Waals surface area contributed by atoms with Crippen LogP contribution in [0.25, 0.3) is 10.2 Å². The van der Waals surface area contributed by atoms with Gasteiger partial charge in [0.05, 0.1) is 22.6 Å². The summed E-state index contributed by atoms with van der Waals surface area (Å²) in [4.78, 5) is 8.66. The molecule has 3 aromatic rings. The summed E-state index contributed by atoms with van der Waals surface area (Å²) in [5.41, 5.74) is 0.926. The Kier molecular flexibility index (Phi) is 3.47. The molecule has 1 aliphatic rings. The first-order valence-corrected chi connectivity index (χ1v) is 9.66. The number of fused-ring (bicyclic) bond motifs is 1. The lowest BCUT2D eigenvalue weighted by atomic mass is 10.2. The summed E-state index contributed by atoms with van der Waals surface area (Å²) < 4.78 is 30.0. The van der Waals surface area contributed by atoms with Crippen LogP contribution in [0, 0.1) is 0 Å². The molecule has 1 atom stereocenters. The van der Waals surface area contributed by atoms with E-state index in [9.17, 15) is 8.42 Å². The van der Waals surface area contributed by atoms with Crippen molar-refractivity contribution in [3.05, 3.63) is 41.8 Å². The highest BCUT2D eigenvalue weighted by molar-refractivity contribution is 7.89. The maximum atomic E-state index is 12.9. The second-order valence-corrected chi connectivity index (χ2v) is 8.57. The van der Waals surface area contributed by atoms with E-state index in [1.807, 2.05) is 24.3 Å². The van der Waals surface area contributed by atoms with Gasteiger partial charge in [-0.1, -0.05) is 12.1 Å². The van der Waals surface area contributed by atoms with Crippen LogP contribution < -0.4 is 0 Å². The summed E-state index contributed by atoms with van der Waals surface area (Å²) in [6, 6.07) is 7.70. The molecule has 0 spiro atoms. The summed E-state index contributed by atoms with van der Waals surface area (Å²) in [7, 11) is -1.82. The summed E-state index contributed by atoms with van der Waals surface area (Å²) in [5.74, 6) is 0. The van der Waals surface area contributed by atoms with Crippen molar-refractivity contribution in [3.8, 4) is 0 Å². The molecule has 0 N–H and O–H groups in total. The fraction of sp³-hybridized carbons (Fsp3) is 0.333. The third-order valence-electron chi connectivity index (χ3n) is 4.05. The molecular formula is C15H16N4O2S2. The van der Waals surface area contributed by atoms with Crippen LogP contribution in [0.15, 0.2) is 41.8 Å². The van der Waals surface area contributed by atoms with Gasteiger partial charge in [-0.05, 0) is 25.0 Å². The van der Waals surface area contributed by atoms with Crippen molar-refractivity contribution in [1.29, 1.82) is 0 Å². The Morgan fingerprint density at radius 1 is 1.30 bits per heavy atom. The van der Waals surface area contributed by atoms with Crippen LogP contribution in [0.2, 0.25) is 0 Å². The molecule has 2 aromatic heterocycles. The number of benzene rings is 1. The predicted octanol–water partition coefficient (Wildman–Crippen LogP) is 2.56. The molecule has 1 aliphatic heterocycles. The van der Waals surface area contributed by atoms with Gasteiger partial charge in [-0.3, -0.25) is 0 Å². The third-order valence-corrected chi connectivity index (χ3v) is 6.98. The van der Waals surface area contributed by atoms with Crippen molar-refractivity contribution >= 4 is 31.6 Å². The molecule has 3 heterocycles. The number of imidazole rings is 1. The Bertz CT molecular complexity index is 928. The van der Waals surface area contributed by atoms with E-state index in [-0.39, 0.29) is 11.1 Å². The van der Waals surface area contributed by atoms with Crippen LogP contribution in [-0.4, -0.2) is 33.8 Å². The highest BCUT2D eigenvalue weighted by atomic mass is 32.2. The van der Waals surface area contributed by atoms with Crippen molar-refractivity contribution in [3.63, 3.8) is 0 Å². The van der Waals surface area contributed by atoms with Gasteiger partial charge in [-0.25, -0.2) is 18.4 Å². The average Bonchev–Trinajstić information content (AvgIpc) is 3.25. The molecule has 1 saturated heterocycles. The molecule has 0 radical (unpaired) electrons. The van der Waals surface area contributed by atoms with Gasteiger partial charge in [0.25, 0.3) is 10.0 Å². The first-order valence-electron chi connectivity index (χ1n) is 7.41. The lowest BCUT2D eigenvalue weighted by Gasteiger charge is -2.21. The first-order chi connectivity index (χ1) is 11.1. The van der Waals surface area contributed by atoms with Crippen molar-refractivity contribution in [1.82, 2.24) is 18.8 Å². The molecule has 1 fully saturated rings. The number of hydrogen-bond acceptors (Lipinski definition) is 5. The second kappa shape index (κ2) is 5.40. The minimum Gasteiger partial charge on any atom is -0.339 e. The normalized spacial score (nSPS) is 19.6. The van der Waals surface area contributed by atoms with Gasteiger partial charge in [0.2, 0.25) is 0 Å². The number of sulfonamides is 1. The van der Waals surface area contributed by atoms with Crippen molar-refractivity contribution in [2.45, 2.75) is 23.9 Å². The molecule has 6 nitrogen and oxygen atoms in total. The molecule has 0 bridgehead atoms. The number of nitrogens with zero attached hydrogens (tertiary/aromatic N) is 4. The van der Waals surface area contributed by atoms with E-state index in [1.165, 1.54) is 6.33 Å². The van der Waals surface area contributed by atoms with Crippen LogP contribution >= 0.6 is 11.3 Å². The van der Waals surface area contributed by atoms with E-state index < -0.39 is 10.0 Å². The van der Waals surface area contributed by atoms with Crippen LogP contribution in [0.3, 0.4) is 0 Å². The smallest absolute Gasteiger partial charge is 0.262 e. The van der Waals surface area contributed by atoms with E-state index >= 15 is 0 Å². The third kappa shape index (κ3) is 2.46. The Balaban J connectivity index is 1.74. The largest absolute Gasteiger partial charge is 0.339 e. The van der Waals surface area contributed by atoms with Crippen LogP contribution in [0.4, 0.5) is 0 Å². The zero-order valence-electron chi connectivity index (χ0n) is 12.6. The highest BCUT2D eigenvalue weighted by Gasteiger charge is 2.38. The van der Waals surface area contributed by atoms with E-state index in [0.717, 1.165) is 28.1 Å². The first kappa shape index (κ1) is 14.8. The van der Waals surface area contributed by atoms with Gasteiger partial charge in [0, 0.05) is 19.8 Å². The van der Waals surface area contributed by atoms with Crippen LogP contribution in [-0.2, 0) is 17.1 Å². The Labute approximate surface area is 138 Å². The Morgan fingerprint density at radius 2 is 2.13 bits per heavy atom. The van der Waals surface area contributed by atoms with Gasteiger partial charge >= 0.3 is 0 Å². The quantitative estimate of drug-likeness (QED) is 0.729. The molecular weight excluding hydrogens is 332 g/mol. The molecule has 0 unspecified atom stereocenters. The van der Waals surface area contributed by atoms with Crippen LogP contribution in [0.1, 0.15) is 23.9 Å². The molecule has 0 amide bonds. The Morgan fingerprint density at radius 3 is 2.87 bits per heavy atom. The van der Waals surface area contributed by atoms with Gasteiger partial charge in [-0.2, -0.15) is 4.31 Å². The standard InChI is InChI=1S/C15H16N4O2S2/c1-18-9-14(16-10-18)23(20,21)19-8-4-6-12(19)15-17-11-5-2-3-7-13(11)22-15/h2-3,5,7,9-10,12H,4,6,8H2,1H3/t12-/m1/s1. The summed E-state index contributed by atoms with van der Waals surface area (Å²) in [5, 5.41) is 0.969. The van der Waals surface area contributed by atoms with Gasteiger partial charge in [0.1, 0.15) is 5.01 Å². The number of aromatic nitrogens is 3. The fourth-order valence-corrected chi connectivity index (χ4v) is 5.76. The van der Waals surface area contributed by atoms with Gasteiger partial charge in [-0.15, -0.1) is 11.3 Å². The van der Waals surface area contributed by atoms with Crippen molar-refractivity contribution in [2.24, 2.45) is 7.05 Å². The zero-order valence-corrected chi connectivity index (χ0v) is 14.2. The SMILES string of the molecule is Cn1cnc(S(=O)(=O)N2CCC[C@@H]2c2nc3ccccc3s2)c1. The van der Waals surface area contributed by atoms with Crippen molar-refractivity contribution < 1.29 is 8.42 Å². The molecule has 4 rings (SSSR count). The summed E-state index contributed by atoms with van der Waals surface area (Å²) in [6.07, 6.45) is 4.69. The van der Waals surface area contributed by atoms with Gasteiger partial charge in [0.15, 0.2) is 5.03 Å². The zero-order chi connectivity index (χ0) is 16.0. The van der Waals surface area contributed by atoms with E-state index in [0.29, 0.717) is 6.54 Å². The Hall–Kier alpha value is -1.77. The maximum Gasteiger partial charge on any atom is 0.262 e. The lowest BCUT2D eigenvalue weighted by molar-refractivity contribution is 0.394. The minimum absolute atomic E-state index is 0.105. The molecule has 23 heavy (non-hydrogen) atoms. The summed E-state index contributed by atoms with van der Waals surface area (Å²) in [6.45, 7) is 0.513. The topological polar surface area (TPSA) is 68.1 Å². The number of aryl methyl sites for hydroxylation is 1. The van der Waals surface area contributed by atoms with Gasteiger partial charge < -0.3 is 4.57 Å². The molecule has 120 valence electrons. The molecule has 1 aromatic carbocycles. The minimum atomic E-state index is -3.58. The lowest BCUT2D eigenvalue weighted by Crippen LogP contribution is -2.30. The van der Waals surface area contributed by atoms with E-state index in [4.69, 9.17) is 0 Å². The van der Waals surface area contributed by atoms with E-state index in [2.05, 4.69) is 9.97 Å². The predicted molar refractivity (Wildman–Crippen MR) is 88.7 cm³/mol.